The van der Waals surface area contributed by atoms with E-state index >= 15 is 0 Å². The van der Waals surface area contributed by atoms with Gasteiger partial charge in [-0.15, -0.1) is 0 Å². The second kappa shape index (κ2) is 8.70. The molecule has 4 heterocycles. The molecule has 4 atom stereocenters. The van der Waals surface area contributed by atoms with Crippen LogP contribution >= 0.6 is 0 Å². The summed E-state index contributed by atoms with van der Waals surface area (Å²) >= 11 is 0. The molecule has 2 aromatic heterocycles. The van der Waals surface area contributed by atoms with Gasteiger partial charge in [-0.25, -0.2) is 19.7 Å². The average Bonchev–Trinajstić information content (AvgIpc) is 3.69. The van der Waals surface area contributed by atoms with Crippen LogP contribution in [0.25, 0.3) is 11.2 Å². The molecule has 1 aromatic carbocycles. The van der Waals surface area contributed by atoms with Gasteiger partial charge in [0.25, 0.3) is 0 Å². The Morgan fingerprint density at radius 3 is 2.34 bits per heavy atom. The number of ether oxygens (including phenoxy) is 3. The van der Waals surface area contributed by atoms with E-state index in [0.717, 1.165) is 37.0 Å². The summed E-state index contributed by atoms with van der Waals surface area (Å²) in [5.74, 6) is 1.79. The van der Waals surface area contributed by atoms with Crippen molar-refractivity contribution in [3.05, 3.63) is 48.0 Å². The first kappa shape index (κ1) is 24.5. The molecule has 1 spiro atoms. The first-order valence-electron chi connectivity index (χ1n) is 14.9. The van der Waals surface area contributed by atoms with Gasteiger partial charge in [0.05, 0.1) is 12.9 Å². The van der Waals surface area contributed by atoms with E-state index in [4.69, 9.17) is 14.2 Å². The first-order chi connectivity index (χ1) is 20.0. The van der Waals surface area contributed by atoms with Crippen LogP contribution in [0.1, 0.15) is 55.9 Å². The predicted molar refractivity (Wildman–Crippen MR) is 146 cm³/mol. The Hall–Kier alpha value is -3.12. The predicted octanol–water partition coefficient (Wildman–Crippen LogP) is 3.09. The summed E-state index contributed by atoms with van der Waals surface area (Å²) in [4.78, 5) is 26.7. The van der Waals surface area contributed by atoms with Crippen molar-refractivity contribution in [2.24, 2.45) is 17.8 Å². The van der Waals surface area contributed by atoms with Crippen LogP contribution in [-0.4, -0.2) is 66.9 Å². The molecule has 0 unspecified atom stereocenters. The number of nitrogens with one attached hydrogen (secondary N) is 2. The number of fused-ring (bicyclic) bond motifs is 3. The van der Waals surface area contributed by atoms with Crippen LogP contribution in [0.5, 0.6) is 0 Å². The Kier molecular flexibility index (Phi) is 5.19. The van der Waals surface area contributed by atoms with Crippen molar-refractivity contribution < 1.29 is 24.1 Å². The highest BCUT2D eigenvalue weighted by Crippen LogP contribution is 2.55. The molecule has 7 aliphatic rings. The minimum absolute atomic E-state index is 0.105. The van der Waals surface area contributed by atoms with Gasteiger partial charge in [0, 0.05) is 18.4 Å². The maximum atomic E-state index is 13.3. The molecule has 3 aromatic rings. The number of benzene rings is 1. The van der Waals surface area contributed by atoms with Gasteiger partial charge < -0.3 is 24.6 Å². The number of rotatable bonds is 4. The van der Waals surface area contributed by atoms with Gasteiger partial charge in [-0.2, -0.15) is 0 Å². The molecule has 11 heteroatoms. The van der Waals surface area contributed by atoms with Crippen LogP contribution in [0.3, 0.4) is 0 Å². The lowest BCUT2D eigenvalue weighted by molar-refractivity contribution is -0.213. The van der Waals surface area contributed by atoms with Gasteiger partial charge >= 0.3 is 6.03 Å². The van der Waals surface area contributed by atoms with Gasteiger partial charge in [0.2, 0.25) is 0 Å². The molecule has 2 saturated heterocycles. The fourth-order valence-corrected chi connectivity index (χ4v) is 9.36. The normalized spacial score (nSPS) is 37.5. The smallest absolute Gasteiger partial charge is 0.320 e. The Bertz CT molecular complexity index is 1480. The lowest BCUT2D eigenvalue weighted by atomic mass is 9.53. The third-order valence-corrected chi connectivity index (χ3v) is 10.5. The molecule has 2 amide bonds. The summed E-state index contributed by atoms with van der Waals surface area (Å²) in [6.45, 7) is -0.192. The third kappa shape index (κ3) is 3.78. The van der Waals surface area contributed by atoms with Crippen molar-refractivity contribution in [3.8, 4) is 0 Å². The molecule has 6 fully saturated rings. The third-order valence-electron chi connectivity index (χ3n) is 10.5. The van der Waals surface area contributed by atoms with E-state index in [1.807, 2.05) is 12.1 Å². The second-order valence-electron chi connectivity index (χ2n) is 13.3. The van der Waals surface area contributed by atoms with E-state index in [-0.39, 0.29) is 18.2 Å². The van der Waals surface area contributed by atoms with Gasteiger partial charge in [0.15, 0.2) is 29.0 Å². The molecular formula is C30H34N6O5. The molecule has 5 aliphatic carbocycles. The lowest BCUT2D eigenvalue weighted by Crippen LogP contribution is -2.60. The summed E-state index contributed by atoms with van der Waals surface area (Å²) < 4.78 is 21.2. The number of aliphatic hydroxyl groups excluding tert-OH is 1. The number of hydrogen-bond acceptors (Lipinski definition) is 8. The number of amides is 2. The monoisotopic (exact) mass is 558 g/mol. The minimum Gasteiger partial charge on any atom is -0.394 e. The number of carbonyl (C=O) groups excluding carboxylic acids is 1. The molecule has 2 aliphatic heterocycles. The standard InChI is InChI=1S/C30H34N6O5/c37-13-21-23-24(41-30(40-23)11-19-3-1-2-4-20(19)12-30)27(39-21)36-15-33-22-25(31-14-32-26(22)36)34-28(38)35-29-8-16-5-17(9-29)7-18(6-16)10-29/h1-4,14-18,21,23-24,27,37H,5-13H2,(H2,31,32,34,35,38)/t16?,17?,18?,21-,23-,24-,27-,29?/m1/s1. The van der Waals surface area contributed by atoms with E-state index in [2.05, 4.69) is 37.7 Å². The van der Waals surface area contributed by atoms with Crippen molar-refractivity contribution in [2.45, 2.75) is 87.2 Å². The van der Waals surface area contributed by atoms with Crippen LogP contribution in [0.15, 0.2) is 36.9 Å². The highest BCUT2D eigenvalue weighted by atomic mass is 16.8. The Balaban J connectivity index is 0.967. The van der Waals surface area contributed by atoms with Gasteiger partial charge in [-0.3, -0.25) is 9.88 Å². The number of anilines is 1. The summed E-state index contributed by atoms with van der Waals surface area (Å²) in [5, 5.41) is 16.5. The topological polar surface area (TPSA) is 133 Å². The molecule has 3 N–H and O–H groups in total. The Morgan fingerprint density at radius 2 is 1.66 bits per heavy atom. The molecule has 214 valence electrons. The van der Waals surface area contributed by atoms with Crippen molar-refractivity contribution in [3.63, 3.8) is 0 Å². The van der Waals surface area contributed by atoms with Crippen LogP contribution in [0, 0.1) is 17.8 Å². The van der Waals surface area contributed by atoms with E-state index < -0.39 is 30.3 Å². The van der Waals surface area contributed by atoms with Crippen LogP contribution in [-0.2, 0) is 27.1 Å². The molecule has 11 nitrogen and oxygen atoms in total. The fourth-order valence-electron chi connectivity index (χ4n) is 9.36. The maximum Gasteiger partial charge on any atom is 0.320 e. The van der Waals surface area contributed by atoms with Crippen molar-refractivity contribution in [1.29, 1.82) is 0 Å². The molecule has 4 bridgehead atoms. The van der Waals surface area contributed by atoms with E-state index in [1.165, 1.54) is 36.7 Å². The van der Waals surface area contributed by atoms with Crippen LogP contribution in [0.4, 0.5) is 10.6 Å². The zero-order valence-corrected chi connectivity index (χ0v) is 22.7. The number of aromatic nitrogens is 4. The zero-order valence-electron chi connectivity index (χ0n) is 22.7. The summed E-state index contributed by atoms with van der Waals surface area (Å²) in [7, 11) is 0. The number of carbonyl (C=O) groups is 1. The second-order valence-corrected chi connectivity index (χ2v) is 13.3. The van der Waals surface area contributed by atoms with Gasteiger partial charge in [0.1, 0.15) is 24.6 Å². The number of imidazole rings is 1. The highest BCUT2D eigenvalue weighted by Gasteiger charge is 2.60. The number of nitrogens with zero attached hydrogens (tertiary/aromatic N) is 4. The molecule has 41 heavy (non-hydrogen) atoms. The largest absolute Gasteiger partial charge is 0.394 e. The summed E-state index contributed by atoms with van der Waals surface area (Å²) in [5.41, 5.74) is 3.32. The Morgan fingerprint density at radius 1 is 0.976 bits per heavy atom. The number of urea groups is 1. The highest BCUT2D eigenvalue weighted by molar-refractivity contribution is 5.96. The summed E-state index contributed by atoms with van der Waals surface area (Å²) in [6, 6.07) is 8.03. The first-order valence-corrected chi connectivity index (χ1v) is 14.9. The molecule has 0 radical (unpaired) electrons. The number of hydrogen-bond donors (Lipinski definition) is 3. The van der Waals surface area contributed by atoms with Gasteiger partial charge in [-0.05, 0) is 67.4 Å². The minimum atomic E-state index is -0.776. The molecular weight excluding hydrogens is 524 g/mol. The number of aliphatic hydroxyl groups is 1. The van der Waals surface area contributed by atoms with Crippen molar-refractivity contribution in [2.75, 3.05) is 11.9 Å². The van der Waals surface area contributed by atoms with E-state index in [0.29, 0.717) is 29.8 Å². The average molecular weight is 559 g/mol. The quantitative estimate of drug-likeness (QED) is 0.445. The van der Waals surface area contributed by atoms with Crippen molar-refractivity contribution >= 4 is 23.0 Å². The Labute approximate surface area is 237 Å². The van der Waals surface area contributed by atoms with Gasteiger partial charge in [-0.1, -0.05) is 24.3 Å². The molecule has 4 saturated carbocycles. The zero-order chi connectivity index (χ0) is 27.3. The van der Waals surface area contributed by atoms with E-state index in [1.54, 1.807) is 10.9 Å². The maximum absolute atomic E-state index is 13.3. The van der Waals surface area contributed by atoms with E-state index in [9.17, 15) is 9.90 Å². The SMILES string of the molecule is O=C(Nc1ncnc2c1ncn2[C@@H]1O[C@H](CO)[C@H]2OC3(Cc4ccccc4C3)O[C@H]21)NC12CC3CC(CC(C3)C1)C2. The van der Waals surface area contributed by atoms with Crippen molar-refractivity contribution in [1.82, 2.24) is 24.8 Å². The lowest BCUT2D eigenvalue weighted by Gasteiger charge is -2.56. The van der Waals surface area contributed by atoms with Crippen LogP contribution < -0.4 is 10.6 Å². The summed E-state index contributed by atoms with van der Waals surface area (Å²) in [6.07, 6.45) is 9.51. The molecule has 10 rings (SSSR count). The van der Waals surface area contributed by atoms with Crippen LogP contribution in [0.2, 0.25) is 0 Å². The fraction of sp³-hybridized carbons (Fsp3) is 0.600.